The molecule has 2 aliphatic heterocycles. The van der Waals surface area contributed by atoms with Crippen LogP contribution in [0.15, 0.2) is 108 Å². The van der Waals surface area contributed by atoms with E-state index >= 15 is 4.79 Å². The molecular weight excluding hydrogens is 588 g/mol. The number of aromatic nitrogens is 2. The maximum Gasteiger partial charge on any atom is 0.273 e. The van der Waals surface area contributed by atoms with Crippen LogP contribution in [0.4, 0.5) is 11.4 Å². The largest absolute Gasteiger partial charge is 0.496 e. The predicted octanol–water partition coefficient (Wildman–Crippen LogP) is 4.31. The number of pyridine rings is 2. The van der Waals surface area contributed by atoms with Crippen molar-refractivity contribution in [3.8, 4) is 11.8 Å². The van der Waals surface area contributed by atoms with Gasteiger partial charge < -0.3 is 9.64 Å². The van der Waals surface area contributed by atoms with Gasteiger partial charge in [-0.05, 0) is 48.5 Å². The molecule has 0 aliphatic carbocycles. The first-order valence-electron chi connectivity index (χ1n) is 14.4. The molecule has 4 heterocycles. The van der Waals surface area contributed by atoms with Crippen LogP contribution in [0.3, 0.4) is 0 Å². The predicted molar refractivity (Wildman–Crippen MR) is 169 cm³/mol. The van der Waals surface area contributed by atoms with Crippen molar-refractivity contribution in [2.45, 2.75) is 10.4 Å². The van der Waals surface area contributed by atoms with Gasteiger partial charge in [0.05, 0.1) is 29.9 Å². The van der Waals surface area contributed by atoms with Crippen molar-refractivity contribution >= 4 is 38.2 Å². The van der Waals surface area contributed by atoms with Crippen LogP contribution in [0.25, 0.3) is 10.9 Å². The number of fused-ring (bicyclic) bond motifs is 2. The Hall–Kier alpha value is -5.31. The minimum atomic E-state index is -4.48. The van der Waals surface area contributed by atoms with Gasteiger partial charge in [-0.1, -0.05) is 36.4 Å². The molecule has 0 saturated carbocycles. The topological polar surface area (TPSA) is 120 Å². The van der Waals surface area contributed by atoms with Crippen molar-refractivity contribution in [3.63, 3.8) is 0 Å². The number of hydrogen-bond acceptors (Lipinski definition) is 9. The van der Waals surface area contributed by atoms with Crippen molar-refractivity contribution in [1.29, 1.82) is 5.26 Å². The molecule has 0 bridgehead atoms. The average molecular weight is 617 g/mol. The van der Waals surface area contributed by atoms with Gasteiger partial charge in [0.2, 0.25) is 0 Å². The van der Waals surface area contributed by atoms with E-state index in [9.17, 15) is 13.7 Å². The standard InChI is InChI=1S/C34H28N6O4S/c1-44-30-9-3-2-8-27(30)34(39-20-18-38(19-21-39)26-13-16-36-17-14-26)28-22-24(23-35)11-12-29(28)40(33(34)41)45(42,43)31-10-4-6-25-7-5-15-37-32(25)31/h2-17,22H,18-21H2,1H3. The van der Waals surface area contributed by atoms with Crippen molar-refractivity contribution in [2.24, 2.45) is 0 Å². The summed E-state index contributed by atoms with van der Waals surface area (Å²) in [4.78, 5) is 27.9. The van der Waals surface area contributed by atoms with Gasteiger partial charge in [-0.2, -0.15) is 5.26 Å². The second-order valence-corrected chi connectivity index (χ2v) is 12.6. The second-order valence-electron chi connectivity index (χ2n) is 10.8. The highest BCUT2D eigenvalue weighted by molar-refractivity contribution is 7.93. The SMILES string of the molecule is COc1ccccc1C1(N2CCN(c3ccncc3)CC2)C(=O)N(S(=O)(=O)c2cccc3cccnc23)c2ccc(C#N)cc21. The maximum atomic E-state index is 15.3. The summed E-state index contributed by atoms with van der Waals surface area (Å²) in [6, 6.07) is 26.3. The van der Waals surface area contributed by atoms with E-state index in [0.717, 1.165) is 9.99 Å². The molecule has 7 rings (SSSR count). The number of para-hydroxylation sites is 2. The fourth-order valence-corrected chi connectivity index (χ4v) is 8.23. The fourth-order valence-electron chi connectivity index (χ4n) is 6.60. The maximum absolute atomic E-state index is 15.3. The lowest BCUT2D eigenvalue weighted by atomic mass is 9.80. The zero-order chi connectivity index (χ0) is 31.2. The molecule has 3 aromatic carbocycles. The van der Waals surface area contributed by atoms with Crippen LogP contribution in [0, 0.1) is 11.3 Å². The molecule has 11 heteroatoms. The van der Waals surface area contributed by atoms with E-state index in [1.807, 2.05) is 17.0 Å². The van der Waals surface area contributed by atoms with Crippen LogP contribution in [0.1, 0.15) is 16.7 Å². The third-order valence-corrected chi connectivity index (χ3v) is 10.3. The van der Waals surface area contributed by atoms with Crippen LogP contribution in [0.2, 0.25) is 0 Å². The summed E-state index contributed by atoms with van der Waals surface area (Å²) >= 11 is 0. The highest BCUT2D eigenvalue weighted by atomic mass is 32.2. The highest BCUT2D eigenvalue weighted by Gasteiger charge is 2.60. The van der Waals surface area contributed by atoms with Gasteiger partial charge in [-0.15, -0.1) is 0 Å². The molecule has 1 amide bonds. The monoisotopic (exact) mass is 616 g/mol. The molecule has 1 saturated heterocycles. The first kappa shape index (κ1) is 28.5. The first-order valence-corrected chi connectivity index (χ1v) is 15.9. The van der Waals surface area contributed by atoms with Crippen LogP contribution in [-0.2, 0) is 20.4 Å². The van der Waals surface area contributed by atoms with Crippen LogP contribution in [-0.4, -0.2) is 62.5 Å². The fraction of sp³-hybridized carbons (Fsp3) is 0.176. The van der Waals surface area contributed by atoms with Gasteiger partial charge in [0.25, 0.3) is 15.9 Å². The van der Waals surface area contributed by atoms with Gasteiger partial charge in [0, 0.05) is 67.0 Å². The molecule has 10 nitrogen and oxygen atoms in total. The van der Waals surface area contributed by atoms with Gasteiger partial charge in [-0.3, -0.25) is 19.7 Å². The number of methoxy groups -OCH3 is 1. The summed E-state index contributed by atoms with van der Waals surface area (Å²) in [5.41, 5.74) is 1.07. The number of nitriles is 1. The molecule has 224 valence electrons. The van der Waals surface area contributed by atoms with Gasteiger partial charge >= 0.3 is 0 Å². The van der Waals surface area contributed by atoms with Gasteiger partial charge in [0.1, 0.15) is 10.6 Å². The van der Waals surface area contributed by atoms with Crippen molar-refractivity contribution < 1.29 is 17.9 Å². The van der Waals surface area contributed by atoms with E-state index in [1.165, 1.54) is 25.4 Å². The molecule has 1 unspecified atom stereocenters. The van der Waals surface area contributed by atoms with E-state index in [1.54, 1.807) is 73.1 Å². The van der Waals surface area contributed by atoms with E-state index in [2.05, 4.69) is 20.9 Å². The number of nitrogens with zero attached hydrogens (tertiary/aromatic N) is 6. The second kappa shape index (κ2) is 11.0. The van der Waals surface area contributed by atoms with Crippen molar-refractivity contribution in [1.82, 2.24) is 14.9 Å². The number of benzene rings is 3. The number of carbonyl (C=O) groups is 1. The van der Waals surface area contributed by atoms with Crippen LogP contribution in [0.5, 0.6) is 5.75 Å². The Bertz CT molecular complexity index is 2090. The minimum Gasteiger partial charge on any atom is -0.496 e. The first-order chi connectivity index (χ1) is 21.9. The molecule has 1 atom stereocenters. The number of sulfonamides is 1. The zero-order valence-electron chi connectivity index (χ0n) is 24.4. The lowest BCUT2D eigenvalue weighted by Gasteiger charge is -2.46. The zero-order valence-corrected chi connectivity index (χ0v) is 25.2. The normalized spacial score (nSPS) is 18.5. The van der Waals surface area contributed by atoms with E-state index in [4.69, 9.17) is 4.74 Å². The Morgan fingerprint density at radius 1 is 0.867 bits per heavy atom. The Morgan fingerprint density at radius 3 is 2.38 bits per heavy atom. The molecule has 1 fully saturated rings. The molecule has 0 N–H and O–H groups in total. The van der Waals surface area contributed by atoms with Crippen LogP contribution < -0.4 is 13.9 Å². The van der Waals surface area contributed by atoms with E-state index in [-0.39, 0.29) is 16.1 Å². The average Bonchev–Trinajstić information content (AvgIpc) is 3.36. The Balaban J connectivity index is 1.45. The summed E-state index contributed by atoms with van der Waals surface area (Å²) in [6.07, 6.45) is 5.01. The molecule has 2 aliphatic rings. The van der Waals surface area contributed by atoms with Gasteiger partial charge in [0.15, 0.2) is 5.54 Å². The molecular formula is C34H28N6O4S. The molecule has 0 radical (unpaired) electrons. The number of amides is 1. The number of carbonyl (C=O) groups excluding carboxylic acids is 1. The van der Waals surface area contributed by atoms with E-state index in [0.29, 0.717) is 54.0 Å². The Labute approximate surface area is 260 Å². The number of rotatable bonds is 6. The third-order valence-electron chi connectivity index (χ3n) is 8.62. The Kier molecular flexibility index (Phi) is 6.96. The number of anilines is 2. The third kappa shape index (κ3) is 4.33. The lowest BCUT2D eigenvalue weighted by Crippen LogP contribution is -2.60. The summed E-state index contributed by atoms with van der Waals surface area (Å²) in [5, 5.41) is 10.6. The number of ether oxygens (including phenoxy) is 1. The quantitative estimate of drug-likeness (QED) is 0.275. The minimum absolute atomic E-state index is 0.0809. The van der Waals surface area contributed by atoms with Crippen LogP contribution >= 0.6 is 0 Å². The highest BCUT2D eigenvalue weighted by Crippen LogP contribution is 2.53. The summed E-state index contributed by atoms with van der Waals surface area (Å²) in [7, 11) is -2.96. The smallest absolute Gasteiger partial charge is 0.273 e. The summed E-state index contributed by atoms with van der Waals surface area (Å²) in [6.45, 7) is 1.99. The summed E-state index contributed by atoms with van der Waals surface area (Å²) in [5.74, 6) is -0.232. The number of piperazine rings is 1. The molecule has 0 spiro atoms. The molecule has 45 heavy (non-hydrogen) atoms. The van der Waals surface area contributed by atoms with Crippen molar-refractivity contribution in [3.05, 3.63) is 120 Å². The molecule has 5 aromatic rings. The molecule has 2 aromatic heterocycles. The lowest BCUT2D eigenvalue weighted by molar-refractivity contribution is -0.127. The Morgan fingerprint density at radius 2 is 1.62 bits per heavy atom. The van der Waals surface area contributed by atoms with Crippen molar-refractivity contribution in [2.75, 3.05) is 42.5 Å². The van der Waals surface area contributed by atoms with Gasteiger partial charge in [-0.25, -0.2) is 12.7 Å². The summed E-state index contributed by atoms with van der Waals surface area (Å²) < 4.78 is 36.1. The van der Waals surface area contributed by atoms with E-state index < -0.39 is 21.5 Å². The number of hydrogen-bond donors (Lipinski definition) is 0.